The predicted molar refractivity (Wildman–Crippen MR) is 71.1 cm³/mol. The number of hydrogen-bond donors (Lipinski definition) is 0. The molecule has 0 saturated heterocycles. The first-order valence-electron chi connectivity index (χ1n) is 4.10. The fourth-order valence-corrected chi connectivity index (χ4v) is 3.15. The van der Waals surface area contributed by atoms with E-state index in [0.717, 1.165) is 4.47 Å². The summed E-state index contributed by atoms with van der Waals surface area (Å²) < 4.78 is 2.18. The topological polar surface area (TPSA) is 35.5 Å². The summed E-state index contributed by atoms with van der Waals surface area (Å²) in [6.07, 6.45) is 0. The van der Waals surface area contributed by atoms with Crippen molar-refractivity contribution in [1.29, 1.82) is 0 Å². The maximum Gasteiger partial charge on any atom is 0.381 e. The Bertz CT molecular complexity index is 420. The molecule has 0 radical (unpaired) electrons. The van der Waals surface area contributed by atoms with Crippen LogP contribution in [0, 0.1) is 0 Å². The normalized spacial score (nSPS) is 9.75. The smallest absolute Gasteiger partial charge is 0.284 e. The lowest BCUT2D eigenvalue weighted by Gasteiger charge is -2.08. The summed E-state index contributed by atoms with van der Waals surface area (Å²) in [5.41, 5.74) is 0.268. The molecule has 0 heterocycles. The molecule has 0 fully saturated rings. The van der Waals surface area contributed by atoms with E-state index in [1.165, 1.54) is 6.92 Å². The van der Waals surface area contributed by atoms with Crippen molar-refractivity contribution in [3.63, 3.8) is 0 Å². The molecule has 86 valence electrons. The second kappa shape index (κ2) is 5.84. The average Bonchev–Trinajstić information content (AvgIpc) is 2.15. The second-order valence-electron chi connectivity index (χ2n) is 2.93. The molecule has 6 heteroatoms. The van der Waals surface area contributed by atoms with Crippen molar-refractivity contribution in [1.82, 2.24) is 0 Å². The first kappa shape index (κ1) is 13.7. The first-order valence-corrected chi connectivity index (χ1v) is 6.48. The molecule has 0 spiro atoms. The molecule has 16 heavy (non-hydrogen) atoms. The van der Waals surface area contributed by atoms with E-state index in [0.29, 0.717) is 14.7 Å². The Morgan fingerprint density at radius 1 is 1.25 bits per heavy atom. The largest absolute Gasteiger partial charge is 0.381 e. The lowest BCUT2D eigenvalue weighted by Crippen LogP contribution is -2.08. The number of carbonyl (C=O) groups is 1. The molecule has 0 atom stereocenters. The van der Waals surface area contributed by atoms with Gasteiger partial charge in [0.25, 0.3) is 0 Å². The van der Waals surface area contributed by atoms with Crippen molar-refractivity contribution in [2.24, 2.45) is 0 Å². The zero-order valence-corrected chi connectivity index (χ0v) is 13.0. The Balaban J connectivity index is 2.82. The van der Waals surface area contributed by atoms with Gasteiger partial charge in [-0.2, -0.15) is 0 Å². The summed E-state index contributed by atoms with van der Waals surface area (Å²) >= 11 is 9.89. The third-order valence-electron chi connectivity index (χ3n) is 1.51. The van der Waals surface area contributed by atoms with Crippen molar-refractivity contribution >= 4 is 53.8 Å². The molecule has 3 nitrogen and oxygen atoms in total. The maximum absolute atomic E-state index is 11.1. The highest BCUT2D eigenvalue weighted by molar-refractivity contribution is 9.11. The number of benzene rings is 1. The second-order valence-corrected chi connectivity index (χ2v) is 5.56. The van der Waals surface area contributed by atoms with Crippen molar-refractivity contribution in [2.45, 2.75) is 6.92 Å². The highest BCUT2D eigenvalue weighted by Gasteiger charge is 2.12. The average molecular weight is 415 g/mol. The Morgan fingerprint density at radius 3 is 2.19 bits per heavy atom. The molecule has 0 bridgehead atoms. The summed E-state index contributed by atoms with van der Waals surface area (Å²) in [4.78, 5) is 20.6. The van der Waals surface area contributed by atoms with E-state index in [1.807, 2.05) is 0 Å². The molecule has 1 aromatic rings. The van der Waals surface area contributed by atoms with Crippen LogP contribution in [0.4, 0.5) is 0 Å². The van der Waals surface area contributed by atoms with Crippen LogP contribution in [0.2, 0.25) is 0 Å². The molecule has 0 aliphatic heterocycles. The van der Waals surface area contributed by atoms with Gasteiger partial charge in [-0.15, -0.1) is 0 Å². The molecule has 0 aromatic heterocycles. The van der Waals surface area contributed by atoms with E-state index in [4.69, 9.17) is 4.89 Å². The molecule has 0 aliphatic carbocycles. The number of halogens is 3. The van der Waals surface area contributed by atoms with E-state index >= 15 is 0 Å². The Labute approximate surface area is 118 Å². The van der Waals surface area contributed by atoms with Crippen LogP contribution in [0.5, 0.6) is 5.75 Å². The summed E-state index contributed by atoms with van der Waals surface area (Å²) in [5, 5.41) is 0. The van der Waals surface area contributed by atoms with Crippen LogP contribution in [0.15, 0.2) is 37.7 Å². The van der Waals surface area contributed by atoms with Gasteiger partial charge >= 0.3 is 5.97 Å². The van der Waals surface area contributed by atoms with Crippen LogP contribution >= 0.6 is 47.8 Å². The third kappa shape index (κ3) is 3.61. The fraction of sp³-hybridized carbons (Fsp3) is 0.100. The third-order valence-corrected chi connectivity index (χ3v) is 3.15. The van der Waals surface area contributed by atoms with Crippen LogP contribution in [0.1, 0.15) is 6.92 Å². The maximum atomic E-state index is 11.1. The molecule has 1 aromatic carbocycles. The van der Waals surface area contributed by atoms with Gasteiger partial charge in [0.2, 0.25) is 5.75 Å². The zero-order valence-electron chi connectivity index (χ0n) is 8.22. The molecule has 0 aliphatic rings. The van der Waals surface area contributed by atoms with Gasteiger partial charge in [0.1, 0.15) is 0 Å². The summed E-state index contributed by atoms with van der Waals surface area (Å²) in [7, 11) is 0. The van der Waals surface area contributed by atoms with Crippen molar-refractivity contribution in [3.8, 4) is 5.75 Å². The van der Waals surface area contributed by atoms with Gasteiger partial charge < -0.3 is 0 Å². The zero-order chi connectivity index (χ0) is 12.3. The summed E-state index contributed by atoms with van der Waals surface area (Å²) in [5.74, 6) is -0.223. The van der Waals surface area contributed by atoms with E-state index in [1.54, 1.807) is 12.1 Å². The molecular formula is C10H7Br3O3. The minimum Gasteiger partial charge on any atom is -0.284 e. The molecule has 0 unspecified atom stereocenters. The van der Waals surface area contributed by atoms with E-state index < -0.39 is 5.97 Å². The van der Waals surface area contributed by atoms with Gasteiger partial charge in [-0.1, -0.05) is 22.5 Å². The predicted octanol–water partition coefficient (Wildman–Crippen LogP) is 4.39. The molecular weight excluding hydrogens is 408 g/mol. The van der Waals surface area contributed by atoms with Gasteiger partial charge in [0, 0.05) is 10.0 Å². The van der Waals surface area contributed by atoms with Crippen LogP contribution in [-0.2, 0) is 9.68 Å². The SMILES string of the molecule is C=C(C)C(=O)OOc1c(Br)cc(Br)cc1Br. The first-order chi connectivity index (χ1) is 7.41. The lowest BCUT2D eigenvalue weighted by molar-refractivity contribution is -0.209. The fourth-order valence-electron chi connectivity index (χ4n) is 0.759. The van der Waals surface area contributed by atoms with Gasteiger partial charge in [-0.05, 0) is 50.9 Å². The summed E-state index contributed by atoms with van der Waals surface area (Å²) in [6.45, 7) is 4.98. The molecule has 0 amide bonds. The van der Waals surface area contributed by atoms with Crippen LogP contribution in [0.3, 0.4) is 0 Å². The van der Waals surface area contributed by atoms with Gasteiger partial charge in [-0.3, -0.25) is 4.89 Å². The Morgan fingerprint density at radius 2 is 1.75 bits per heavy atom. The quantitative estimate of drug-likeness (QED) is 0.418. The molecule has 0 saturated carbocycles. The highest BCUT2D eigenvalue weighted by atomic mass is 79.9. The standard InChI is InChI=1S/C10H7Br3O3/c1-5(2)10(14)16-15-9-7(12)3-6(11)4-8(9)13/h3-4H,1H2,2H3. The Kier molecular flexibility index (Phi) is 5.01. The summed E-state index contributed by atoms with van der Waals surface area (Å²) in [6, 6.07) is 3.55. The van der Waals surface area contributed by atoms with Crippen LogP contribution in [-0.4, -0.2) is 5.97 Å². The number of hydrogen-bond acceptors (Lipinski definition) is 3. The van der Waals surface area contributed by atoms with Crippen molar-refractivity contribution in [3.05, 3.63) is 37.7 Å². The lowest BCUT2D eigenvalue weighted by atomic mass is 10.3. The van der Waals surface area contributed by atoms with E-state index in [-0.39, 0.29) is 5.57 Å². The van der Waals surface area contributed by atoms with Crippen LogP contribution < -0.4 is 4.89 Å². The monoisotopic (exact) mass is 412 g/mol. The van der Waals surface area contributed by atoms with Crippen molar-refractivity contribution < 1.29 is 14.6 Å². The van der Waals surface area contributed by atoms with Crippen LogP contribution in [0.25, 0.3) is 0 Å². The Hall–Kier alpha value is -0.330. The van der Waals surface area contributed by atoms with Gasteiger partial charge in [0.15, 0.2) is 0 Å². The molecule has 1 rings (SSSR count). The molecule has 0 N–H and O–H groups in total. The minimum atomic E-state index is -0.610. The number of rotatable bonds is 3. The van der Waals surface area contributed by atoms with Gasteiger partial charge in [-0.25, -0.2) is 9.68 Å². The van der Waals surface area contributed by atoms with E-state index in [9.17, 15) is 4.79 Å². The number of carbonyl (C=O) groups excluding carboxylic acids is 1. The van der Waals surface area contributed by atoms with E-state index in [2.05, 4.69) is 59.3 Å². The van der Waals surface area contributed by atoms with Gasteiger partial charge in [0.05, 0.1) is 8.95 Å². The minimum absolute atomic E-state index is 0.268. The highest BCUT2D eigenvalue weighted by Crippen LogP contribution is 2.36. The van der Waals surface area contributed by atoms with Crippen molar-refractivity contribution in [2.75, 3.05) is 0 Å².